The number of likely N-dealkylation sites (tertiary alicyclic amines) is 1. The third kappa shape index (κ3) is 2.94. The molecule has 6 nitrogen and oxygen atoms in total. The minimum atomic E-state index is -0.116. The molecule has 21 heavy (non-hydrogen) atoms. The molecule has 0 unspecified atom stereocenters. The molecule has 2 amide bonds. The number of ether oxygens (including phenoxy) is 2. The highest BCUT2D eigenvalue weighted by Gasteiger charge is 2.23. The Morgan fingerprint density at radius 2 is 1.90 bits per heavy atom. The molecule has 0 bridgehead atoms. The van der Waals surface area contributed by atoms with Gasteiger partial charge in [-0.2, -0.15) is 0 Å². The minimum Gasteiger partial charge on any atom is -0.454 e. The summed E-state index contributed by atoms with van der Waals surface area (Å²) in [7, 11) is 0. The highest BCUT2D eigenvalue weighted by molar-refractivity contribution is 5.95. The fourth-order valence-electron chi connectivity index (χ4n) is 2.65. The molecule has 112 valence electrons. The normalized spacial score (nSPS) is 17.7. The van der Waals surface area contributed by atoms with E-state index in [-0.39, 0.29) is 24.6 Å². The first-order valence-electron chi connectivity index (χ1n) is 7.09. The van der Waals surface area contributed by atoms with Crippen molar-refractivity contribution in [1.82, 2.24) is 10.2 Å². The van der Waals surface area contributed by atoms with Crippen LogP contribution in [-0.2, 0) is 4.79 Å². The lowest BCUT2D eigenvalue weighted by atomic mass is 10.0. The summed E-state index contributed by atoms with van der Waals surface area (Å²) in [5, 5.41) is 3.01. The molecule has 1 saturated heterocycles. The number of amides is 2. The SMILES string of the molecule is CC(=O)N1CCC(NC(=O)c2ccc3c(c2)OCO3)CC1. The van der Waals surface area contributed by atoms with E-state index >= 15 is 0 Å². The summed E-state index contributed by atoms with van der Waals surface area (Å²) in [4.78, 5) is 25.3. The Bertz CT molecular complexity index is 565. The zero-order valence-corrected chi connectivity index (χ0v) is 11.9. The zero-order chi connectivity index (χ0) is 14.8. The molecule has 0 aromatic heterocycles. The van der Waals surface area contributed by atoms with E-state index < -0.39 is 0 Å². The van der Waals surface area contributed by atoms with Crippen LogP contribution in [0.4, 0.5) is 0 Å². The molecule has 0 saturated carbocycles. The Balaban J connectivity index is 1.58. The topological polar surface area (TPSA) is 67.9 Å². The van der Waals surface area contributed by atoms with Crippen LogP contribution in [0.5, 0.6) is 11.5 Å². The Kier molecular flexibility index (Phi) is 3.68. The number of fused-ring (bicyclic) bond motifs is 1. The molecule has 0 atom stereocenters. The van der Waals surface area contributed by atoms with Crippen LogP contribution in [0.15, 0.2) is 18.2 Å². The van der Waals surface area contributed by atoms with Crippen molar-refractivity contribution < 1.29 is 19.1 Å². The van der Waals surface area contributed by atoms with Gasteiger partial charge in [0.1, 0.15) is 0 Å². The molecular weight excluding hydrogens is 272 g/mol. The van der Waals surface area contributed by atoms with Gasteiger partial charge in [0.05, 0.1) is 0 Å². The molecule has 0 radical (unpaired) electrons. The molecule has 1 aromatic rings. The number of nitrogens with zero attached hydrogens (tertiary/aromatic N) is 1. The average molecular weight is 290 g/mol. The Morgan fingerprint density at radius 3 is 2.62 bits per heavy atom. The first-order chi connectivity index (χ1) is 10.1. The summed E-state index contributed by atoms with van der Waals surface area (Å²) >= 11 is 0. The van der Waals surface area contributed by atoms with Gasteiger partial charge in [0.2, 0.25) is 12.7 Å². The van der Waals surface area contributed by atoms with Crippen molar-refractivity contribution in [3.63, 3.8) is 0 Å². The maximum absolute atomic E-state index is 12.2. The van der Waals surface area contributed by atoms with Gasteiger partial charge in [0.15, 0.2) is 11.5 Å². The van der Waals surface area contributed by atoms with Crippen molar-refractivity contribution >= 4 is 11.8 Å². The monoisotopic (exact) mass is 290 g/mol. The predicted molar refractivity (Wildman–Crippen MR) is 75.3 cm³/mol. The van der Waals surface area contributed by atoms with Crippen LogP contribution in [0.25, 0.3) is 0 Å². The number of hydrogen-bond acceptors (Lipinski definition) is 4. The summed E-state index contributed by atoms with van der Waals surface area (Å²) < 4.78 is 10.5. The Morgan fingerprint density at radius 1 is 1.19 bits per heavy atom. The molecule has 2 aliphatic rings. The molecule has 0 spiro atoms. The highest BCUT2D eigenvalue weighted by Crippen LogP contribution is 2.32. The van der Waals surface area contributed by atoms with Gasteiger partial charge in [-0.15, -0.1) is 0 Å². The summed E-state index contributed by atoms with van der Waals surface area (Å²) in [5.74, 6) is 1.25. The predicted octanol–water partition coefficient (Wildman–Crippen LogP) is 1.16. The fourth-order valence-corrected chi connectivity index (χ4v) is 2.65. The van der Waals surface area contributed by atoms with Crippen LogP contribution in [0.3, 0.4) is 0 Å². The smallest absolute Gasteiger partial charge is 0.251 e. The van der Waals surface area contributed by atoms with Gasteiger partial charge in [-0.1, -0.05) is 0 Å². The lowest BCUT2D eigenvalue weighted by Gasteiger charge is -2.31. The summed E-state index contributed by atoms with van der Waals surface area (Å²) in [5.41, 5.74) is 0.563. The maximum Gasteiger partial charge on any atom is 0.251 e. The first-order valence-corrected chi connectivity index (χ1v) is 7.09. The van der Waals surface area contributed by atoms with Crippen LogP contribution in [0.2, 0.25) is 0 Å². The van der Waals surface area contributed by atoms with E-state index in [9.17, 15) is 9.59 Å². The molecular formula is C15H18N2O4. The molecule has 1 N–H and O–H groups in total. The second kappa shape index (κ2) is 5.63. The number of hydrogen-bond donors (Lipinski definition) is 1. The van der Waals surface area contributed by atoms with Crippen LogP contribution in [-0.4, -0.2) is 42.6 Å². The van der Waals surface area contributed by atoms with E-state index in [2.05, 4.69) is 5.32 Å². The molecule has 3 rings (SSSR count). The standard InChI is InChI=1S/C15H18N2O4/c1-10(18)17-6-4-12(5-7-17)16-15(19)11-2-3-13-14(8-11)21-9-20-13/h2-3,8,12H,4-7,9H2,1H3,(H,16,19). The first kappa shape index (κ1) is 13.7. The lowest BCUT2D eigenvalue weighted by molar-refractivity contribution is -0.129. The second-order valence-corrected chi connectivity index (χ2v) is 5.32. The van der Waals surface area contributed by atoms with E-state index in [0.717, 1.165) is 12.8 Å². The molecule has 2 heterocycles. The largest absolute Gasteiger partial charge is 0.454 e. The minimum absolute atomic E-state index is 0.0931. The fraction of sp³-hybridized carbons (Fsp3) is 0.467. The number of piperidine rings is 1. The summed E-state index contributed by atoms with van der Waals surface area (Å²) in [6.45, 7) is 3.16. The van der Waals surface area contributed by atoms with E-state index in [1.807, 2.05) is 4.90 Å². The number of carbonyl (C=O) groups is 2. The van der Waals surface area contributed by atoms with Gasteiger partial charge in [0.25, 0.3) is 5.91 Å². The molecule has 1 fully saturated rings. The van der Waals surface area contributed by atoms with Crippen molar-refractivity contribution in [2.24, 2.45) is 0 Å². The average Bonchev–Trinajstić information content (AvgIpc) is 2.95. The van der Waals surface area contributed by atoms with Crippen molar-refractivity contribution in [3.05, 3.63) is 23.8 Å². The van der Waals surface area contributed by atoms with Crippen LogP contribution in [0.1, 0.15) is 30.1 Å². The third-order valence-electron chi connectivity index (χ3n) is 3.91. The van der Waals surface area contributed by atoms with Crippen LogP contribution < -0.4 is 14.8 Å². The van der Waals surface area contributed by atoms with Crippen molar-refractivity contribution in [2.45, 2.75) is 25.8 Å². The number of rotatable bonds is 2. The van der Waals surface area contributed by atoms with Gasteiger partial charge in [-0.25, -0.2) is 0 Å². The van der Waals surface area contributed by atoms with Gasteiger partial charge >= 0.3 is 0 Å². The number of nitrogens with one attached hydrogen (secondary N) is 1. The Labute approximate surface area is 123 Å². The van der Waals surface area contributed by atoms with Crippen LogP contribution >= 0.6 is 0 Å². The van der Waals surface area contributed by atoms with Crippen molar-refractivity contribution in [3.8, 4) is 11.5 Å². The quantitative estimate of drug-likeness (QED) is 0.887. The molecule has 6 heteroatoms. The third-order valence-corrected chi connectivity index (χ3v) is 3.91. The van der Waals surface area contributed by atoms with E-state index in [0.29, 0.717) is 30.2 Å². The summed E-state index contributed by atoms with van der Waals surface area (Å²) in [6.07, 6.45) is 1.58. The maximum atomic E-state index is 12.2. The van der Waals surface area contributed by atoms with Crippen molar-refractivity contribution in [2.75, 3.05) is 19.9 Å². The molecule has 2 aliphatic heterocycles. The number of benzene rings is 1. The summed E-state index contributed by atoms with van der Waals surface area (Å²) in [6, 6.07) is 5.28. The Hall–Kier alpha value is -2.24. The van der Waals surface area contributed by atoms with Gasteiger partial charge in [-0.05, 0) is 31.0 Å². The van der Waals surface area contributed by atoms with Crippen molar-refractivity contribution in [1.29, 1.82) is 0 Å². The van der Waals surface area contributed by atoms with Crippen LogP contribution in [0, 0.1) is 0 Å². The lowest BCUT2D eigenvalue weighted by Crippen LogP contribution is -2.45. The highest BCUT2D eigenvalue weighted by atomic mass is 16.7. The van der Waals surface area contributed by atoms with Gasteiger partial charge in [0, 0.05) is 31.6 Å². The van der Waals surface area contributed by atoms with E-state index in [4.69, 9.17) is 9.47 Å². The van der Waals surface area contributed by atoms with Gasteiger partial charge < -0.3 is 19.7 Å². The van der Waals surface area contributed by atoms with E-state index in [1.54, 1.807) is 25.1 Å². The number of carbonyl (C=O) groups excluding carboxylic acids is 2. The molecule has 1 aromatic carbocycles. The zero-order valence-electron chi connectivity index (χ0n) is 11.9. The second-order valence-electron chi connectivity index (χ2n) is 5.32. The van der Waals surface area contributed by atoms with Gasteiger partial charge in [-0.3, -0.25) is 9.59 Å². The molecule has 0 aliphatic carbocycles. The van der Waals surface area contributed by atoms with E-state index in [1.165, 1.54) is 0 Å².